The predicted octanol–water partition coefficient (Wildman–Crippen LogP) is -0.242. The lowest BCUT2D eigenvalue weighted by molar-refractivity contribution is -0.136. The number of carbonyl (C=O) groups excluding carboxylic acids is 2. The van der Waals surface area contributed by atoms with Crippen LogP contribution < -0.4 is 5.32 Å². The van der Waals surface area contributed by atoms with E-state index in [2.05, 4.69) is 5.32 Å². The molecule has 2 aliphatic rings. The first-order valence-corrected chi connectivity index (χ1v) is 5.74. The highest BCUT2D eigenvalue weighted by Gasteiger charge is 2.41. The molecule has 0 aromatic carbocycles. The van der Waals surface area contributed by atoms with Gasteiger partial charge in [-0.1, -0.05) is 0 Å². The number of hydrogen-bond donors (Lipinski definition) is 1. The predicted molar refractivity (Wildman–Crippen MR) is 57.7 cm³/mol. The normalized spacial score (nSPS) is 33.4. The molecule has 2 amide bonds. The van der Waals surface area contributed by atoms with Gasteiger partial charge in [0.1, 0.15) is 6.10 Å². The van der Waals surface area contributed by atoms with Gasteiger partial charge < -0.3 is 15.0 Å². The van der Waals surface area contributed by atoms with Gasteiger partial charge in [-0.25, -0.2) is 0 Å². The van der Waals surface area contributed by atoms with E-state index in [0.717, 1.165) is 19.4 Å². The van der Waals surface area contributed by atoms with E-state index in [-0.39, 0.29) is 24.0 Å². The molecule has 90 valence electrons. The first kappa shape index (κ1) is 11.4. The number of piperidine rings is 1. The molecule has 0 bridgehead atoms. The van der Waals surface area contributed by atoms with Gasteiger partial charge in [-0.3, -0.25) is 9.59 Å². The van der Waals surface area contributed by atoms with E-state index in [1.807, 2.05) is 0 Å². The molecule has 1 N–H and O–H groups in total. The second-order valence-corrected chi connectivity index (χ2v) is 4.53. The highest BCUT2D eigenvalue weighted by atomic mass is 16.5. The highest BCUT2D eigenvalue weighted by Crippen LogP contribution is 2.33. The van der Waals surface area contributed by atoms with Crippen molar-refractivity contribution < 1.29 is 14.3 Å². The van der Waals surface area contributed by atoms with Gasteiger partial charge >= 0.3 is 0 Å². The van der Waals surface area contributed by atoms with Crippen LogP contribution in [0, 0.1) is 5.92 Å². The van der Waals surface area contributed by atoms with Crippen LogP contribution in [0.3, 0.4) is 0 Å². The van der Waals surface area contributed by atoms with Crippen LogP contribution in [0.2, 0.25) is 0 Å². The fourth-order valence-electron chi connectivity index (χ4n) is 2.55. The maximum atomic E-state index is 11.5. The van der Waals surface area contributed by atoms with Crippen LogP contribution in [0.4, 0.5) is 0 Å². The van der Waals surface area contributed by atoms with Crippen molar-refractivity contribution in [3.63, 3.8) is 0 Å². The standard InChI is InChI=1S/C11H18N2O3/c1-7(14)13-4-3-8-5-9(11(15)12-2)16-10(8)6-13/h8-10H,3-6H2,1-2H3,(H,12,15)/t8-,9+,10-/m0/s1. The molecule has 2 fully saturated rings. The van der Waals surface area contributed by atoms with Crippen molar-refractivity contribution in [2.24, 2.45) is 5.92 Å². The number of fused-ring (bicyclic) bond motifs is 1. The van der Waals surface area contributed by atoms with Gasteiger partial charge in [0.05, 0.1) is 6.10 Å². The zero-order chi connectivity index (χ0) is 11.7. The van der Waals surface area contributed by atoms with Crippen LogP contribution in [0.5, 0.6) is 0 Å². The smallest absolute Gasteiger partial charge is 0.248 e. The van der Waals surface area contributed by atoms with Crippen molar-refractivity contribution in [3.8, 4) is 0 Å². The molecular formula is C11H18N2O3. The summed E-state index contributed by atoms with van der Waals surface area (Å²) in [5.41, 5.74) is 0. The lowest BCUT2D eigenvalue weighted by Gasteiger charge is -2.33. The second-order valence-electron chi connectivity index (χ2n) is 4.53. The Morgan fingerprint density at radius 1 is 1.44 bits per heavy atom. The van der Waals surface area contributed by atoms with Crippen molar-refractivity contribution in [1.82, 2.24) is 10.2 Å². The van der Waals surface area contributed by atoms with Crippen LogP contribution >= 0.6 is 0 Å². The summed E-state index contributed by atoms with van der Waals surface area (Å²) in [6, 6.07) is 0. The number of carbonyl (C=O) groups is 2. The Kier molecular flexibility index (Phi) is 3.14. The number of ether oxygens (including phenoxy) is 1. The van der Waals surface area contributed by atoms with E-state index in [1.165, 1.54) is 0 Å². The zero-order valence-electron chi connectivity index (χ0n) is 9.73. The maximum absolute atomic E-state index is 11.5. The van der Waals surface area contributed by atoms with Gasteiger partial charge in [-0.2, -0.15) is 0 Å². The minimum atomic E-state index is -0.327. The van der Waals surface area contributed by atoms with Crippen molar-refractivity contribution >= 4 is 11.8 Å². The number of hydrogen-bond acceptors (Lipinski definition) is 3. The van der Waals surface area contributed by atoms with Gasteiger partial charge in [0.15, 0.2) is 0 Å². The SMILES string of the molecule is CNC(=O)[C@H]1C[C@@H]2CCN(C(C)=O)C[C@@H]2O1. The van der Waals surface area contributed by atoms with Crippen molar-refractivity contribution in [2.45, 2.75) is 32.0 Å². The Labute approximate surface area is 95.1 Å². The molecule has 0 spiro atoms. The summed E-state index contributed by atoms with van der Waals surface area (Å²) in [6.07, 6.45) is 1.44. The number of amides is 2. The third kappa shape index (κ3) is 2.04. The lowest BCUT2D eigenvalue weighted by Crippen LogP contribution is -2.44. The maximum Gasteiger partial charge on any atom is 0.248 e. The molecule has 0 aromatic heterocycles. The monoisotopic (exact) mass is 226 g/mol. The van der Waals surface area contributed by atoms with E-state index in [4.69, 9.17) is 4.74 Å². The molecule has 0 saturated carbocycles. The molecule has 0 aliphatic carbocycles. The van der Waals surface area contributed by atoms with Crippen LogP contribution in [-0.2, 0) is 14.3 Å². The third-order valence-electron chi connectivity index (χ3n) is 3.54. The Balaban J connectivity index is 1.96. The minimum absolute atomic E-state index is 0.0416. The summed E-state index contributed by atoms with van der Waals surface area (Å²) in [5, 5.41) is 2.61. The highest BCUT2D eigenvalue weighted by molar-refractivity contribution is 5.80. The molecular weight excluding hydrogens is 208 g/mol. The topological polar surface area (TPSA) is 58.6 Å². The quantitative estimate of drug-likeness (QED) is 0.671. The first-order chi connectivity index (χ1) is 7.61. The molecule has 2 saturated heterocycles. The Hall–Kier alpha value is -1.10. The van der Waals surface area contributed by atoms with Crippen molar-refractivity contribution in [2.75, 3.05) is 20.1 Å². The molecule has 16 heavy (non-hydrogen) atoms. The van der Waals surface area contributed by atoms with Gasteiger partial charge in [-0.15, -0.1) is 0 Å². The Morgan fingerprint density at radius 3 is 2.81 bits per heavy atom. The Bertz CT molecular complexity index is 306. The van der Waals surface area contributed by atoms with Gasteiger partial charge in [0.25, 0.3) is 0 Å². The van der Waals surface area contributed by atoms with E-state index in [1.54, 1.807) is 18.9 Å². The van der Waals surface area contributed by atoms with Gasteiger partial charge in [-0.05, 0) is 18.8 Å². The van der Waals surface area contributed by atoms with Gasteiger partial charge in [0, 0.05) is 27.1 Å². The molecule has 2 heterocycles. The fourth-order valence-corrected chi connectivity index (χ4v) is 2.55. The Morgan fingerprint density at radius 2 is 2.19 bits per heavy atom. The summed E-state index contributed by atoms with van der Waals surface area (Å²) < 4.78 is 5.69. The zero-order valence-corrected chi connectivity index (χ0v) is 9.73. The van der Waals surface area contributed by atoms with Gasteiger partial charge in [0.2, 0.25) is 11.8 Å². The largest absolute Gasteiger partial charge is 0.363 e. The number of nitrogens with zero attached hydrogens (tertiary/aromatic N) is 1. The fraction of sp³-hybridized carbons (Fsp3) is 0.818. The summed E-state index contributed by atoms with van der Waals surface area (Å²) in [4.78, 5) is 24.5. The van der Waals surface area contributed by atoms with E-state index in [0.29, 0.717) is 12.5 Å². The van der Waals surface area contributed by atoms with Crippen molar-refractivity contribution in [1.29, 1.82) is 0 Å². The van der Waals surface area contributed by atoms with Crippen LogP contribution in [0.1, 0.15) is 19.8 Å². The summed E-state index contributed by atoms with van der Waals surface area (Å²) in [5.74, 6) is 0.465. The molecule has 0 unspecified atom stereocenters. The van der Waals surface area contributed by atoms with Crippen LogP contribution in [0.15, 0.2) is 0 Å². The molecule has 2 rings (SSSR count). The third-order valence-corrected chi connectivity index (χ3v) is 3.54. The molecule has 5 heteroatoms. The average molecular weight is 226 g/mol. The molecule has 0 aromatic rings. The number of rotatable bonds is 1. The molecule has 3 atom stereocenters. The van der Waals surface area contributed by atoms with E-state index < -0.39 is 0 Å². The van der Waals surface area contributed by atoms with Crippen molar-refractivity contribution in [3.05, 3.63) is 0 Å². The summed E-state index contributed by atoms with van der Waals surface area (Å²) in [7, 11) is 1.62. The molecule has 2 aliphatic heterocycles. The lowest BCUT2D eigenvalue weighted by atomic mass is 9.91. The number of nitrogens with one attached hydrogen (secondary N) is 1. The summed E-state index contributed by atoms with van der Waals surface area (Å²) >= 11 is 0. The first-order valence-electron chi connectivity index (χ1n) is 5.74. The molecule has 5 nitrogen and oxygen atoms in total. The summed E-state index contributed by atoms with van der Waals surface area (Å²) in [6.45, 7) is 3.00. The van der Waals surface area contributed by atoms with Crippen LogP contribution in [-0.4, -0.2) is 49.1 Å². The van der Waals surface area contributed by atoms with E-state index in [9.17, 15) is 9.59 Å². The van der Waals surface area contributed by atoms with Crippen LogP contribution in [0.25, 0.3) is 0 Å². The number of likely N-dealkylation sites (tertiary alicyclic amines) is 1. The van der Waals surface area contributed by atoms with E-state index >= 15 is 0 Å². The number of likely N-dealkylation sites (N-methyl/N-ethyl adjacent to an activating group) is 1. The molecule has 0 radical (unpaired) electrons. The average Bonchev–Trinajstić information content (AvgIpc) is 2.70. The minimum Gasteiger partial charge on any atom is -0.363 e. The second kappa shape index (κ2) is 4.41.